The van der Waals surface area contributed by atoms with Crippen LogP contribution in [0, 0.1) is 5.92 Å². The molecule has 0 radical (unpaired) electrons. The molecule has 5 rings (SSSR count). The zero-order valence-electron chi connectivity index (χ0n) is 20.4. The zero-order chi connectivity index (χ0) is 24.6. The Bertz CT molecular complexity index is 1180. The van der Waals surface area contributed by atoms with E-state index in [4.69, 9.17) is 4.84 Å². The number of carbonyl (C=O) groups is 2. The highest BCUT2D eigenvalue weighted by Crippen LogP contribution is 2.48. The maximum atomic E-state index is 14.4. The molecule has 2 amide bonds. The van der Waals surface area contributed by atoms with Gasteiger partial charge in [0.25, 0.3) is 5.91 Å². The number of hydrazine groups is 1. The quantitative estimate of drug-likeness (QED) is 0.497. The molecule has 2 saturated heterocycles. The largest absolute Gasteiger partial charge is 0.290 e. The fourth-order valence-corrected chi connectivity index (χ4v) is 5.31. The first kappa shape index (κ1) is 23.4. The highest BCUT2D eigenvalue weighted by molar-refractivity contribution is 5.98. The van der Waals surface area contributed by atoms with Gasteiger partial charge in [-0.05, 0) is 30.5 Å². The molecule has 0 spiro atoms. The fraction of sp³-hybridized carbons (Fsp3) is 0.310. The van der Waals surface area contributed by atoms with Crippen LogP contribution in [0.5, 0.6) is 0 Å². The molecule has 0 N–H and O–H groups in total. The smallest absolute Gasteiger partial charge is 0.252 e. The topological polar surface area (TPSA) is 53.1 Å². The number of rotatable bonds is 5. The number of amides is 2. The average Bonchev–Trinajstić information content (AvgIpc) is 3.32. The van der Waals surface area contributed by atoms with Crippen LogP contribution in [0.25, 0.3) is 0 Å². The lowest BCUT2D eigenvalue weighted by molar-refractivity contribution is -0.166. The molecule has 2 aliphatic heterocycles. The molecule has 2 heterocycles. The van der Waals surface area contributed by atoms with E-state index in [0.29, 0.717) is 6.54 Å². The molecule has 0 bridgehead atoms. The van der Waals surface area contributed by atoms with Gasteiger partial charge in [-0.15, -0.1) is 0 Å². The van der Waals surface area contributed by atoms with Crippen LogP contribution in [0.1, 0.15) is 49.1 Å². The van der Waals surface area contributed by atoms with Crippen molar-refractivity contribution in [1.82, 2.24) is 15.1 Å². The molecule has 6 heteroatoms. The van der Waals surface area contributed by atoms with Crippen LogP contribution in [0.15, 0.2) is 91.0 Å². The summed E-state index contributed by atoms with van der Waals surface area (Å²) in [5, 5.41) is 5.09. The average molecular weight is 470 g/mol. The van der Waals surface area contributed by atoms with E-state index in [1.807, 2.05) is 117 Å². The summed E-state index contributed by atoms with van der Waals surface area (Å²) in [7, 11) is 1.86. The van der Waals surface area contributed by atoms with Crippen molar-refractivity contribution < 1.29 is 14.4 Å². The van der Waals surface area contributed by atoms with Crippen molar-refractivity contribution in [2.24, 2.45) is 5.92 Å². The lowest BCUT2D eigenvalue weighted by Gasteiger charge is -2.37. The molecule has 35 heavy (non-hydrogen) atoms. The Balaban J connectivity index is 1.56. The summed E-state index contributed by atoms with van der Waals surface area (Å²) in [5.41, 5.74) is 2.45. The van der Waals surface area contributed by atoms with Gasteiger partial charge in [0.1, 0.15) is 6.10 Å². The summed E-state index contributed by atoms with van der Waals surface area (Å²) in [6.45, 7) is 4.50. The van der Waals surface area contributed by atoms with Crippen LogP contribution in [0.2, 0.25) is 0 Å². The summed E-state index contributed by atoms with van der Waals surface area (Å²) >= 11 is 0. The molecule has 180 valence electrons. The molecule has 3 aromatic rings. The van der Waals surface area contributed by atoms with Crippen LogP contribution in [0.4, 0.5) is 0 Å². The number of benzene rings is 3. The second kappa shape index (κ2) is 9.38. The van der Waals surface area contributed by atoms with Crippen molar-refractivity contribution in [3.05, 3.63) is 108 Å². The standard InChI is InChI=1S/C29H31N3O3/c1-29(2)19-24(33)32(31(29)20-21-13-7-4-8-14-21)28(34)25-26(22-15-9-5-10-16-22)30(3)35-27(25)23-17-11-6-12-18-23/h4-18,25-27H,19-20H2,1-3H3/t25-,26+,27+/m1/s1. The van der Waals surface area contributed by atoms with Gasteiger partial charge in [-0.25, -0.2) is 10.0 Å². The normalized spacial score (nSPS) is 24.7. The lowest BCUT2D eigenvalue weighted by Crippen LogP contribution is -2.52. The molecule has 2 aliphatic rings. The van der Waals surface area contributed by atoms with Crippen LogP contribution in [0.3, 0.4) is 0 Å². The Hall–Kier alpha value is -3.32. The molecule has 0 aromatic heterocycles. The van der Waals surface area contributed by atoms with Crippen LogP contribution >= 0.6 is 0 Å². The van der Waals surface area contributed by atoms with Gasteiger partial charge < -0.3 is 0 Å². The molecule has 0 unspecified atom stereocenters. The lowest BCUT2D eigenvalue weighted by atomic mass is 9.85. The second-order valence-electron chi connectivity index (χ2n) is 9.94. The van der Waals surface area contributed by atoms with Crippen LogP contribution in [-0.4, -0.2) is 39.5 Å². The maximum absolute atomic E-state index is 14.4. The van der Waals surface area contributed by atoms with Gasteiger partial charge in [-0.1, -0.05) is 91.0 Å². The van der Waals surface area contributed by atoms with E-state index in [2.05, 4.69) is 0 Å². The van der Waals surface area contributed by atoms with Crippen molar-refractivity contribution in [3.63, 3.8) is 0 Å². The third kappa shape index (κ3) is 4.41. The number of imide groups is 1. The first-order chi connectivity index (χ1) is 16.9. The third-order valence-electron chi connectivity index (χ3n) is 7.04. The molecule has 6 nitrogen and oxygen atoms in total. The molecule has 0 aliphatic carbocycles. The summed E-state index contributed by atoms with van der Waals surface area (Å²) in [6.07, 6.45) is -0.227. The first-order valence-electron chi connectivity index (χ1n) is 12.0. The van der Waals surface area contributed by atoms with Crippen molar-refractivity contribution in [1.29, 1.82) is 0 Å². The Morgan fingerprint density at radius 3 is 2.03 bits per heavy atom. The van der Waals surface area contributed by atoms with Gasteiger partial charge in [0, 0.05) is 25.6 Å². The minimum Gasteiger partial charge on any atom is -0.290 e. The summed E-state index contributed by atoms with van der Waals surface area (Å²) in [6, 6.07) is 29.3. The molecule has 0 saturated carbocycles. The molecule has 3 atom stereocenters. The van der Waals surface area contributed by atoms with E-state index < -0.39 is 17.6 Å². The maximum Gasteiger partial charge on any atom is 0.252 e. The monoisotopic (exact) mass is 469 g/mol. The number of hydroxylamine groups is 2. The fourth-order valence-electron chi connectivity index (χ4n) is 5.31. The Labute approximate surface area is 206 Å². The van der Waals surface area contributed by atoms with Gasteiger partial charge >= 0.3 is 0 Å². The predicted molar refractivity (Wildman–Crippen MR) is 133 cm³/mol. The van der Waals surface area contributed by atoms with E-state index in [1.54, 1.807) is 5.06 Å². The highest BCUT2D eigenvalue weighted by atomic mass is 16.7. The van der Waals surface area contributed by atoms with Crippen molar-refractivity contribution in [2.45, 2.75) is 44.5 Å². The van der Waals surface area contributed by atoms with E-state index in [9.17, 15) is 9.59 Å². The molecule has 2 fully saturated rings. The molecule has 3 aromatic carbocycles. The highest BCUT2D eigenvalue weighted by Gasteiger charge is 2.54. The van der Waals surface area contributed by atoms with Gasteiger partial charge in [-0.2, -0.15) is 5.06 Å². The summed E-state index contributed by atoms with van der Waals surface area (Å²) in [4.78, 5) is 34.1. The van der Waals surface area contributed by atoms with Gasteiger partial charge in [0.15, 0.2) is 0 Å². The van der Waals surface area contributed by atoms with Crippen LogP contribution < -0.4 is 0 Å². The summed E-state index contributed by atoms with van der Waals surface area (Å²) in [5.74, 6) is -1.01. The van der Waals surface area contributed by atoms with Crippen molar-refractivity contribution in [2.75, 3.05) is 7.05 Å². The zero-order valence-corrected chi connectivity index (χ0v) is 20.4. The van der Waals surface area contributed by atoms with Crippen molar-refractivity contribution in [3.8, 4) is 0 Å². The SMILES string of the molecule is CN1O[C@@H](c2ccccc2)[C@H](C(=O)N2C(=O)CC(C)(C)N2Cc2ccccc2)[C@@H]1c1ccccc1. The Kier molecular flexibility index (Phi) is 6.28. The number of hydrogen-bond donors (Lipinski definition) is 0. The minimum absolute atomic E-state index is 0.177. The summed E-state index contributed by atoms with van der Waals surface area (Å²) < 4.78 is 0. The third-order valence-corrected chi connectivity index (χ3v) is 7.04. The number of hydrogen-bond acceptors (Lipinski definition) is 5. The van der Waals surface area contributed by atoms with Crippen LogP contribution in [-0.2, 0) is 21.0 Å². The van der Waals surface area contributed by atoms with Gasteiger partial charge in [0.2, 0.25) is 5.91 Å². The van der Waals surface area contributed by atoms with E-state index in [-0.39, 0.29) is 24.3 Å². The number of nitrogens with zero attached hydrogens (tertiary/aromatic N) is 3. The molecular formula is C29H31N3O3. The molecular weight excluding hydrogens is 438 g/mol. The van der Waals surface area contributed by atoms with Crippen molar-refractivity contribution >= 4 is 11.8 Å². The Morgan fingerprint density at radius 2 is 1.43 bits per heavy atom. The van der Waals surface area contributed by atoms with E-state index >= 15 is 0 Å². The van der Waals surface area contributed by atoms with Gasteiger partial charge in [0.05, 0.1) is 12.0 Å². The van der Waals surface area contributed by atoms with E-state index in [0.717, 1.165) is 16.7 Å². The van der Waals surface area contributed by atoms with Gasteiger partial charge in [-0.3, -0.25) is 14.4 Å². The first-order valence-corrected chi connectivity index (χ1v) is 12.0. The van der Waals surface area contributed by atoms with E-state index in [1.165, 1.54) is 5.01 Å². The second-order valence-corrected chi connectivity index (χ2v) is 9.94. The number of carbonyl (C=O) groups excluding carboxylic acids is 2. The minimum atomic E-state index is -0.596. The Morgan fingerprint density at radius 1 is 0.886 bits per heavy atom. The predicted octanol–water partition coefficient (Wildman–Crippen LogP) is 4.92.